The molecule has 0 radical (unpaired) electrons. The molecule has 12 heavy (non-hydrogen) atoms. The van der Waals surface area contributed by atoms with Crippen LogP contribution in [0.2, 0.25) is 0 Å². The van der Waals surface area contributed by atoms with Crippen LogP contribution in [0.25, 0.3) is 0 Å². The quantitative estimate of drug-likeness (QED) is 0.647. The van der Waals surface area contributed by atoms with E-state index in [-0.39, 0.29) is 0 Å². The number of hydrogen-bond acceptors (Lipinski definition) is 1. The van der Waals surface area contributed by atoms with Crippen molar-refractivity contribution in [3.63, 3.8) is 0 Å². The molecule has 0 saturated heterocycles. The lowest BCUT2D eigenvalue weighted by molar-refractivity contribution is 0.395. The zero-order valence-corrected chi connectivity index (χ0v) is 9.35. The van der Waals surface area contributed by atoms with Gasteiger partial charge in [-0.15, -0.1) is 0 Å². The standard InChI is InChI=1S/C11H25N/c1-6-10(4)7-11(5)12-8-9(2)3/h9-12H,6-8H2,1-5H3. The highest BCUT2D eigenvalue weighted by Crippen LogP contribution is 2.09. The lowest BCUT2D eigenvalue weighted by Gasteiger charge is -2.18. The molecule has 1 heteroatoms. The van der Waals surface area contributed by atoms with Gasteiger partial charge in [-0.25, -0.2) is 0 Å². The second kappa shape index (κ2) is 6.47. The van der Waals surface area contributed by atoms with Crippen LogP contribution in [-0.4, -0.2) is 12.6 Å². The summed E-state index contributed by atoms with van der Waals surface area (Å²) < 4.78 is 0. The van der Waals surface area contributed by atoms with Crippen LogP contribution in [0.4, 0.5) is 0 Å². The molecular formula is C11H25N. The molecule has 0 spiro atoms. The summed E-state index contributed by atoms with van der Waals surface area (Å²) >= 11 is 0. The minimum atomic E-state index is 0.683. The second-order valence-electron chi connectivity index (χ2n) is 4.45. The summed E-state index contributed by atoms with van der Waals surface area (Å²) in [6.07, 6.45) is 2.61. The van der Waals surface area contributed by atoms with Crippen molar-refractivity contribution in [1.29, 1.82) is 0 Å². The van der Waals surface area contributed by atoms with Crippen LogP contribution in [0.1, 0.15) is 47.5 Å². The summed E-state index contributed by atoms with van der Waals surface area (Å²) in [4.78, 5) is 0. The predicted octanol–water partition coefficient (Wildman–Crippen LogP) is 3.06. The van der Waals surface area contributed by atoms with Crippen LogP contribution in [0.5, 0.6) is 0 Å². The van der Waals surface area contributed by atoms with Gasteiger partial charge in [0.2, 0.25) is 0 Å². The Bertz CT molecular complexity index is 99.2. The SMILES string of the molecule is CCC(C)CC(C)NCC(C)C. The Balaban J connectivity index is 3.39. The van der Waals surface area contributed by atoms with Crippen molar-refractivity contribution >= 4 is 0 Å². The van der Waals surface area contributed by atoms with Crippen LogP contribution in [-0.2, 0) is 0 Å². The molecule has 0 fully saturated rings. The number of nitrogens with one attached hydrogen (secondary N) is 1. The first kappa shape index (κ1) is 12.0. The molecule has 74 valence electrons. The van der Waals surface area contributed by atoms with Crippen LogP contribution < -0.4 is 5.32 Å². The summed E-state index contributed by atoms with van der Waals surface area (Å²) in [5.74, 6) is 1.63. The molecule has 0 aromatic heterocycles. The number of hydrogen-bond donors (Lipinski definition) is 1. The predicted molar refractivity (Wildman–Crippen MR) is 56.4 cm³/mol. The third-order valence-corrected chi connectivity index (χ3v) is 2.33. The molecular weight excluding hydrogens is 146 g/mol. The van der Waals surface area contributed by atoms with E-state index in [1.807, 2.05) is 0 Å². The van der Waals surface area contributed by atoms with Crippen LogP contribution >= 0.6 is 0 Å². The maximum Gasteiger partial charge on any atom is 0.00413 e. The molecule has 0 aromatic carbocycles. The highest BCUT2D eigenvalue weighted by atomic mass is 14.9. The van der Waals surface area contributed by atoms with Gasteiger partial charge in [-0.1, -0.05) is 34.1 Å². The normalized spacial score (nSPS) is 16.5. The fourth-order valence-electron chi connectivity index (χ4n) is 1.29. The Morgan fingerprint density at radius 3 is 2.08 bits per heavy atom. The smallest absolute Gasteiger partial charge is 0.00413 e. The molecule has 0 heterocycles. The van der Waals surface area contributed by atoms with Crippen molar-refractivity contribution in [1.82, 2.24) is 5.32 Å². The second-order valence-corrected chi connectivity index (χ2v) is 4.45. The van der Waals surface area contributed by atoms with E-state index in [1.54, 1.807) is 0 Å². The van der Waals surface area contributed by atoms with Crippen molar-refractivity contribution < 1.29 is 0 Å². The van der Waals surface area contributed by atoms with E-state index in [2.05, 4.69) is 39.9 Å². The first-order valence-electron chi connectivity index (χ1n) is 5.29. The monoisotopic (exact) mass is 171 g/mol. The summed E-state index contributed by atoms with van der Waals surface area (Å²) in [5, 5.41) is 3.55. The van der Waals surface area contributed by atoms with Gasteiger partial charge in [-0.05, 0) is 31.7 Å². The van der Waals surface area contributed by atoms with E-state index < -0.39 is 0 Å². The topological polar surface area (TPSA) is 12.0 Å². The first-order chi connectivity index (χ1) is 5.56. The van der Waals surface area contributed by atoms with Gasteiger partial charge in [0.15, 0.2) is 0 Å². The largest absolute Gasteiger partial charge is 0.314 e. The minimum absolute atomic E-state index is 0.683. The summed E-state index contributed by atoms with van der Waals surface area (Å²) in [7, 11) is 0. The average Bonchev–Trinajstić information content (AvgIpc) is 2.00. The molecule has 0 aliphatic rings. The summed E-state index contributed by atoms with van der Waals surface area (Å²) in [5.41, 5.74) is 0. The van der Waals surface area contributed by atoms with Gasteiger partial charge in [0.1, 0.15) is 0 Å². The van der Waals surface area contributed by atoms with Crippen LogP contribution in [0.15, 0.2) is 0 Å². The molecule has 1 nitrogen and oxygen atoms in total. The highest BCUT2D eigenvalue weighted by molar-refractivity contribution is 4.65. The van der Waals surface area contributed by atoms with Gasteiger partial charge < -0.3 is 5.32 Å². The van der Waals surface area contributed by atoms with Crippen LogP contribution in [0.3, 0.4) is 0 Å². The van der Waals surface area contributed by atoms with E-state index in [0.717, 1.165) is 18.4 Å². The van der Waals surface area contributed by atoms with Crippen molar-refractivity contribution in [3.8, 4) is 0 Å². The molecule has 0 aromatic rings. The fourth-order valence-corrected chi connectivity index (χ4v) is 1.29. The Hall–Kier alpha value is -0.0400. The van der Waals surface area contributed by atoms with E-state index in [9.17, 15) is 0 Å². The first-order valence-corrected chi connectivity index (χ1v) is 5.29. The fraction of sp³-hybridized carbons (Fsp3) is 1.00. The molecule has 0 rings (SSSR count). The Labute approximate surface area is 77.9 Å². The van der Waals surface area contributed by atoms with E-state index >= 15 is 0 Å². The van der Waals surface area contributed by atoms with Gasteiger partial charge in [-0.3, -0.25) is 0 Å². The van der Waals surface area contributed by atoms with E-state index in [0.29, 0.717) is 6.04 Å². The minimum Gasteiger partial charge on any atom is -0.314 e. The van der Waals surface area contributed by atoms with Gasteiger partial charge >= 0.3 is 0 Å². The zero-order valence-electron chi connectivity index (χ0n) is 9.35. The highest BCUT2D eigenvalue weighted by Gasteiger charge is 2.06. The molecule has 0 saturated carbocycles. The Morgan fingerprint density at radius 1 is 1.08 bits per heavy atom. The maximum absolute atomic E-state index is 3.55. The van der Waals surface area contributed by atoms with Crippen molar-refractivity contribution in [2.24, 2.45) is 11.8 Å². The van der Waals surface area contributed by atoms with E-state index in [4.69, 9.17) is 0 Å². The zero-order chi connectivity index (χ0) is 9.56. The van der Waals surface area contributed by atoms with Gasteiger partial charge in [0.25, 0.3) is 0 Å². The molecule has 2 atom stereocenters. The number of rotatable bonds is 6. The Morgan fingerprint density at radius 2 is 1.67 bits per heavy atom. The van der Waals surface area contributed by atoms with E-state index in [1.165, 1.54) is 12.8 Å². The van der Waals surface area contributed by atoms with Crippen molar-refractivity contribution in [2.75, 3.05) is 6.54 Å². The van der Waals surface area contributed by atoms with Crippen molar-refractivity contribution in [2.45, 2.75) is 53.5 Å². The van der Waals surface area contributed by atoms with Gasteiger partial charge in [-0.2, -0.15) is 0 Å². The summed E-state index contributed by atoms with van der Waals surface area (Å²) in [6, 6.07) is 0.683. The molecule has 1 N–H and O–H groups in total. The average molecular weight is 171 g/mol. The third kappa shape index (κ3) is 6.66. The maximum atomic E-state index is 3.55. The van der Waals surface area contributed by atoms with Crippen molar-refractivity contribution in [3.05, 3.63) is 0 Å². The van der Waals surface area contributed by atoms with Gasteiger partial charge in [0.05, 0.1) is 0 Å². The molecule has 0 aliphatic carbocycles. The molecule has 0 bridgehead atoms. The van der Waals surface area contributed by atoms with Gasteiger partial charge in [0, 0.05) is 6.04 Å². The molecule has 0 aliphatic heterocycles. The third-order valence-electron chi connectivity index (χ3n) is 2.33. The van der Waals surface area contributed by atoms with Crippen LogP contribution in [0, 0.1) is 11.8 Å². The summed E-state index contributed by atoms with van der Waals surface area (Å²) in [6.45, 7) is 12.5. The molecule has 0 amide bonds. The Kier molecular flexibility index (Phi) is 6.45. The lowest BCUT2D eigenvalue weighted by atomic mass is 10.00. The molecule has 2 unspecified atom stereocenters. The lowest BCUT2D eigenvalue weighted by Crippen LogP contribution is -2.30.